The van der Waals surface area contributed by atoms with Crippen LogP contribution in [0.1, 0.15) is 58.3 Å². The molecule has 2 aliphatic rings. The molecule has 0 radical (unpaired) electrons. The molecular weight excluding hydrogens is 226 g/mol. The Balaban J connectivity index is 1.95. The van der Waals surface area contributed by atoms with Crippen LogP contribution in [0.15, 0.2) is 5.16 Å². The second-order valence-corrected chi connectivity index (χ2v) is 5.83. The van der Waals surface area contributed by atoms with E-state index < -0.39 is 0 Å². The van der Waals surface area contributed by atoms with Crippen molar-refractivity contribution in [1.29, 1.82) is 0 Å². The number of oxime groups is 1. The lowest BCUT2D eigenvalue weighted by Gasteiger charge is -2.40. The van der Waals surface area contributed by atoms with Gasteiger partial charge in [-0.3, -0.25) is 4.90 Å². The van der Waals surface area contributed by atoms with Gasteiger partial charge < -0.3 is 10.9 Å². The molecule has 0 bridgehead atoms. The Hall–Kier alpha value is -0.770. The Bertz CT molecular complexity index is 289. The fourth-order valence-corrected chi connectivity index (χ4v) is 3.42. The lowest BCUT2D eigenvalue weighted by atomic mass is 9.81. The van der Waals surface area contributed by atoms with Crippen molar-refractivity contribution in [3.63, 3.8) is 0 Å². The zero-order chi connectivity index (χ0) is 13.0. The van der Waals surface area contributed by atoms with E-state index in [1.807, 2.05) is 0 Å². The van der Waals surface area contributed by atoms with Crippen LogP contribution in [0.5, 0.6) is 0 Å². The van der Waals surface area contributed by atoms with Crippen molar-refractivity contribution >= 4 is 5.84 Å². The van der Waals surface area contributed by atoms with E-state index in [1.54, 1.807) is 0 Å². The molecule has 18 heavy (non-hydrogen) atoms. The van der Waals surface area contributed by atoms with Crippen LogP contribution in [0.4, 0.5) is 0 Å². The molecule has 0 aromatic carbocycles. The lowest BCUT2D eigenvalue weighted by Crippen LogP contribution is -2.45. The summed E-state index contributed by atoms with van der Waals surface area (Å²) in [6.45, 7) is 3.28. The van der Waals surface area contributed by atoms with Crippen LogP contribution in [0, 0.1) is 5.92 Å². The number of rotatable bonds is 6. The Morgan fingerprint density at radius 3 is 2.61 bits per heavy atom. The van der Waals surface area contributed by atoms with Gasteiger partial charge in [0.05, 0.1) is 0 Å². The van der Waals surface area contributed by atoms with E-state index in [0.29, 0.717) is 12.3 Å². The summed E-state index contributed by atoms with van der Waals surface area (Å²) in [6.07, 6.45) is 10.1. The maximum atomic E-state index is 8.65. The molecule has 2 atom stereocenters. The zero-order valence-electron chi connectivity index (χ0n) is 11.5. The first-order valence-corrected chi connectivity index (χ1v) is 7.48. The minimum atomic E-state index is 0.365. The van der Waals surface area contributed by atoms with Gasteiger partial charge in [0, 0.05) is 25.0 Å². The average Bonchev–Trinajstić information content (AvgIpc) is 3.23. The third-order valence-electron chi connectivity index (χ3n) is 4.59. The Labute approximate surface area is 110 Å². The van der Waals surface area contributed by atoms with Gasteiger partial charge in [0.1, 0.15) is 5.84 Å². The second-order valence-electron chi connectivity index (χ2n) is 5.83. The highest BCUT2D eigenvalue weighted by Crippen LogP contribution is 2.37. The summed E-state index contributed by atoms with van der Waals surface area (Å²) in [5.41, 5.74) is 5.61. The molecule has 0 saturated heterocycles. The highest BCUT2D eigenvalue weighted by molar-refractivity contribution is 5.79. The molecule has 0 amide bonds. The molecule has 2 rings (SSSR count). The van der Waals surface area contributed by atoms with Gasteiger partial charge in [0.15, 0.2) is 0 Å². The molecule has 3 N–H and O–H groups in total. The van der Waals surface area contributed by atoms with E-state index in [0.717, 1.165) is 24.5 Å². The first-order valence-electron chi connectivity index (χ1n) is 7.48. The van der Waals surface area contributed by atoms with Gasteiger partial charge in [-0.1, -0.05) is 31.3 Å². The molecule has 0 aromatic heterocycles. The van der Waals surface area contributed by atoms with Crippen LogP contribution >= 0.6 is 0 Å². The van der Waals surface area contributed by atoms with Crippen molar-refractivity contribution in [2.45, 2.75) is 70.4 Å². The molecule has 4 heteroatoms. The summed E-state index contributed by atoms with van der Waals surface area (Å²) in [5.74, 6) is 1.22. The molecule has 2 fully saturated rings. The average molecular weight is 253 g/mol. The third-order valence-corrected chi connectivity index (χ3v) is 4.59. The van der Waals surface area contributed by atoms with Crippen LogP contribution in [-0.4, -0.2) is 34.6 Å². The molecule has 0 aromatic rings. The van der Waals surface area contributed by atoms with Gasteiger partial charge in [-0.2, -0.15) is 0 Å². The van der Waals surface area contributed by atoms with Gasteiger partial charge in [0.2, 0.25) is 0 Å². The minimum Gasteiger partial charge on any atom is -0.409 e. The summed E-state index contributed by atoms with van der Waals surface area (Å²) < 4.78 is 0. The molecule has 2 saturated carbocycles. The van der Waals surface area contributed by atoms with Gasteiger partial charge >= 0.3 is 0 Å². The third kappa shape index (κ3) is 3.37. The maximum absolute atomic E-state index is 8.65. The van der Waals surface area contributed by atoms with Gasteiger partial charge in [-0.05, 0) is 31.6 Å². The number of hydrogen-bond donors (Lipinski definition) is 2. The Kier molecular flexibility index (Phi) is 4.87. The predicted octanol–water partition coefficient (Wildman–Crippen LogP) is 2.56. The fraction of sp³-hybridized carbons (Fsp3) is 0.929. The first-order chi connectivity index (χ1) is 8.76. The summed E-state index contributed by atoms with van der Waals surface area (Å²) in [6, 6.07) is 1.51. The zero-order valence-corrected chi connectivity index (χ0v) is 11.5. The number of amidine groups is 1. The fourth-order valence-electron chi connectivity index (χ4n) is 3.42. The second kappa shape index (κ2) is 6.41. The number of nitrogens with two attached hydrogens (primary N) is 1. The SMILES string of the molecule is CCC1CCCCC1N(CCC(N)=NO)C1CC1. The quantitative estimate of drug-likeness (QED) is 0.331. The highest BCUT2D eigenvalue weighted by Gasteiger charge is 2.37. The maximum Gasteiger partial charge on any atom is 0.140 e. The Morgan fingerprint density at radius 1 is 1.28 bits per heavy atom. The van der Waals surface area contributed by atoms with E-state index in [4.69, 9.17) is 10.9 Å². The highest BCUT2D eigenvalue weighted by atomic mass is 16.4. The topological polar surface area (TPSA) is 61.8 Å². The monoisotopic (exact) mass is 253 g/mol. The van der Waals surface area contributed by atoms with Crippen LogP contribution in [0.3, 0.4) is 0 Å². The van der Waals surface area contributed by atoms with E-state index in [9.17, 15) is 0 Å². The van der Waals surface area contributed by atoms with Crippen LogP contribution in [0.2, 0.25) is 0 Å². The van der Waals surface area contributed by atoms with E-state index >= 15 is 0 Å². The van der Waals surface area contributed by atoms with Crippen LogP contribution in [-0.2, 0) is 0 Å². The van der Waals surface area contributed by atoms with E-state index in [-0.39, 0.29) is 0 Å². The summed E-state index contributed by atoms with van der Waals surface area (Å²) in [5, 5.41) is 11.7. The van der Waals surface area contributed by atoms with E-state index in [2.05, 4.69) is 17.0 Å². The molecule has 0 spiro atoms. The first kappa shape index (κ1) is 13.7. The lowest BCUT2D eigenvalue weighted by molar-refractivity contribution is 0.0958. The molecule has 0 heterocycles. The predicted molar refractivity (Wildman–Crippen MR) is 73.8 cm³/mol. The van der Waals surface area contributed by atoms with Crippen molar-refractivity contribution in [2.75, 3.05) is 6.54 Å². The molecule has 2 unspecified atom stereocenters. The van der Waals surface area contributed by atoms with Crippen LogP contribution in [0.25, 0.3) is 0 Å². The molecule has 2 aliphatic carbocycles. The van der Waals surface area contributed by atoms with Gasteiger partial charge in [-0.25, -0.2) is 0 Å². The van der Waals surface area contributed by atoms with Crippen molar-refractivity contribution in [2.24, 2.45) is 16.8 Å². The van der Waals surface area contributed by atoms with Gasteiger partial charge in [-0.15, -0.1) is 0 Å². The number of nitrogens with zero attached hydrogens (tertiary/aromatic N) is 2. The Morgan fingerprint density at radius 2 is 2.00 bits per heavy atom. The van der Waals surface area contributed by atoms with E-state index in [1.165, 1.54) is 44.9 Å². The van der Waals surface area contributed by atoms with Crippen molar-refractivity contribution in [1.82, 2.24) is 4.90 Å². The molecule has 4 nitrogen and oxygen atoms in total. The summed E-state index contributed by atoms with van der Waals surface area (Å²) in [7, 11) is 0. The molecule has 0 aliphatic heterocycles. The van der Waals surface area contributed by atoms with Crippen molar-refractivity contribution in [3.05, 3.63) is 0 Å². The summed E-state index contributed by atoms with van der Waals surface area (Å²) in [4.78, 5) is 2.66. The van der Waals surface area contributed by atoms with Crippen molar-refractivity contribution in [3.8, 4) is 0 Å². The standard InChI is InChI=1S/C14H27N3O/c1-2-11-5-3-4-6-13(11)17(12-7-8-12)10-9-14(15)16-18/h11-13,18H,2-10H2,1H3,(H2,15,16). The van der Waals surface area contributed by atoms with Gasteiger partial charge in [0.25, 0.3) is 0 Å². The smallest absolute Gasteiger partial charge is 0.140 e. The van der Waals surface area contributed by atoms with Crippen LogP contribution < -0.4 is 5.73 Å². The summed E-state index contributed by atoms with van der Waals surface area (Å²) >= 11 is 0. The van der Waals surface area contributed by atoms with Crippen molar-refractivity contribution < 1.29 is 5.21 Å². The molecule has 104 valence electrons. The molecular formula is C14H27N3O. The largest absolute Gasteiger partial charge is 0.409 e. The minimum absolute atomic E-state index is 0.365. The normalized spacial score (nSPS) is 29.8. The number of hydrogen-bond acceptors (Lipinski definition) is 3.